The second-order valence-electron chi connectivity index (χ2n) is 20.3. The van der Waals surface area contributed by atoms with Crippen molar-refractivity contribution in [2.75, 3.05) is 99.5 Å². The summed E-state index contributed by atoms with van der Waals surface area (Å²) < 4.78 is 95.2. The maximum absolute atomic E-state index is 13.7. The van der Waals surface area contributed by atoms with E-state index in [4.69, 9.17) is 9.47 Å². The van der Waals surface area contributed by atoms with Gasteiger partial charge in [0.1, 0.15) is 11.5 Å². The first-order valence-corrected chi connectivity index (χ1v) is 28.4. The summed E-state index contributed by atoms with van der Waals surface area (Å²) in [7, 11) is 11.1. The Bertz CT molecular complexity index is 3510. The van der Waals surface area contributed by atoms with Gasteiger partial charge in [-0.15, -0.1) is 0 Å². The number of halogens is 8. The number of ether oxygens (including phenoxy) is 2. The van der Waals surface area contributed by atoms with E-state index in [1.165, 1.54) is 24.3 Å². The van der Waals surface area contributed by atoms with Crippen molar-refractivity contribution in [3.05, 3.63) is 165 Å². The van der Waals surface area contributed by atoms with Crippen LogP contribution in [0, 0.1) is 0 Å². The highest BCUT2D eigenvalue weighted by Gasteiger charge is 2.35. The van der Waals surface area contributed by atoms with Crippen LogP contribution in [-0.2, 0) is 12.4 Å². The molecule has 0 spiro atoms. The van der Waals surface area contributed by atoms with E-state index in [1.54, 1.807) is 99.5 Å². The van der Waals surface area contributed by atoms with Crippen LogP contribution in [0.15, 0.2) is 143 Å². The zero-order valence-corrected chi connectivity index (χ0v) is 50.4. The standard InChI is InChI=1S/2C30H29BrF3N7O2/c2*1-35-29-37-11-8-24(39-29)23-5-4-10-36-28(23)43-22-14-18(13-20(31)16-22)27(42)38-25-15-19(30(32,33)34)6-7-26(25)41(3)21-9-12-40(2)17-21/h2*4-8,10-11,13-16,21H,9,12,17H2,1-3H3,(H,38,42)(H,35,37,39)/t2*21-/m10/s1. The Morgan fingerprint density at radius 3 is 1.33 bits per heavy atom. The maximum Gasteiger partial charge on any atom is 0.416 e. The second-order valence-corrected chi connectivity index (χ2v) is 22.1. The summed E-state index contributed by atoms with van der Waals surface area (Å²) >= 11 is 6.83. The number of aromatic nitrogens is 6. The summed E-state index contributed by atoms with van der Waals surface area (Å²) in [6, 6.07) is 27.0. The number of amides is 2. The first-order valence-electron chi connectivity index (χ1n) is 26.8. The average molecular weight is 1310 g/mol. The molecule has 18 nitrogen and oxygen atoms in total. The second kappa shape index (κ2) is 26.9. The van der Waals surface area contributed by atoms with Crippen molar-refractivity contribution < 1.29 is 45.4 Å². The lowest BCUT2D eigenvalue weighted by molar-refractivity contribution is -0.138. The molecule has 4 N–H and O–H groups in total. The Hall–Kier alpha value is -8.46. The topological polar surface area (TPSA) is 191 Å². The average Bonchev–Trinajstić information content (AvgIpc) is 3.82. The lowest BCUT2D eigenvalue weighted by Gasteiger charge is -2.29. The highest BCUT2D eigenvalue weighted by molar-refractivity contribution is 9.10. The molecule has 0 bridgehead atoms. The van der Waals surface area contributed by atoms with Crippen LogP contribution < -0.4 is 40.5 Å². The normalized spacial score (nSPS) is 15.3. The molecule has 2 amide bonds. The van der Waals surface area contributed by atoms with Crippen LogP contribution in [0.1, 0.15) is 44.7 Å². The lowest BCUT2D eigenvalue weighted by atomic mass is 10.1. The first-order chi connectivity index (χ1) is 41.0. The largest absolute Gasteiger partial charge is 0.438 e. The van der Waals surface area contributed by atoms with E-state index in [-0.39, 0.29) is 57.8 Å². The van der Waals surface area contributed by atoms with Crippen LogP contribution in [0.2, 0.25) is 0 Å². The van der Waals surface area contributed by atoms with Crippen LogP contribution in [0.25, 0.3) is 22.5 Å². The lowest BCUT2D eigenvalue weighted by Crippen LogP contribution is -2.34. The number of pyridine rings is 2. The van der Waals surface area contributed by atoms with Crippen molar-refractivity contribution in [2.24, 2.45) is 0 Å². The van der Waals surface area contributed by atoms with Gasteiger partial charge in [0.05, 0.1) is 56.4 Å². The summed E-state index contributed by atoms with van der Waals surface area (Å²) in [4.78, 5) is 61.0. The van der Waals surface area contributed by atoms with E-state index >= 15 is 0 Å². The summed E-state index contributed by atoms with van der Waals surface area (Å²) in [6.07, 6.45) is -1.08. The van der Waals surface area contributed by atoms with E-state index in [0.29, 0.717) is 54.7 Å². The number of anilines is 6. The van der Waals surface area contributed by atoms with Crippen molar-refractivity contribution in [2.45, 2.75) is 37.3 Å². The Labute approximate surface area is 508 Å². The van der Waals surface area contributed by atoms with E-state index in [1.807, 2.05) is 38.0 Å². The van der Waals surface area contributed by atoms with Gasteiger partial charge in [0.2, 0.25) is 23.7 Å². The summed E-state index contributed by atoms with van der Waals surface area (Å²) in [5.74, 6) is 0.725. The Morgan fingerprint density at radius 2 is 0.965 bits per heavy atom. The molecule has 0 radical (unpaired) electrons. The van der Waals surface area contributed by atoms with Gasteiger partial charge < -0.3 is 50.3 Å². The molecular formula is C60H58Br2F6N14O4. The molecule has 2 atom stereocenters. The molecule has 10 rings (SSSR count). The summed E-state index contributed by atoms with van der Waals surface area (Å²) in [6.45, 7) is 3.28. The minimum atomic E-state index is -4.57. The Morgan fingerprint density at radius 1 is 0.558 bits per heavy atom. The van der Waals surface area contributed by atoms with Gasteiger partial charge in [-0.1, -0.05) is 31.9 Å². The predicted molar refractivity (Wildman–Crippen MR) is 325 cm³/mol. The highest BCUT2D eigenvalue weighted by atomic mass is 79.9. The fourth-order valence-corrected chi connectivity index (χ4v) is 10.7. The van der Waals surface area contributed by atoms with Gasteiger partial charge in [0.25, 0.3) is 11.8 Å². The van der Waals surface area contributed by atoms with Crippen molar-refractivity contribution in [3.63, 3.8) is 0 Å². The fourth-order valence-electron chi connectivity index (χ4n) is 9.80. The van der Waals surface area contributed by atoms with Crippen molar-refractivity contribution >= 4 is 78.3 Å². The van der Waals surface area contributed by atoms with Gasteiger partial charge in [-0.05, 0) is 149 Å². The molecule has 0 unspecified atom stereocenters. The number of likely N-dealkylation sites (N-methyl/N-ethyl adjacent to an activating group) is 4. The number of nitrogens with zero attached hydrogens (tertiary/aromatic N) is 10. The van der Waals surface area contributed by atoms with Crippen molar-refractivity contribution in [1.82, 2.24) is 39.7 Å². The molecule has 8 aromatic rings. The molecule has 2 saturated heterocycles. The molecule has 26 heteroatoms. The van der Waals surface area contributed by atoms with E-state index in [2.05, 4.69) is 92.8 Å². The molecule has 0 aliphatic carbocycles. The number of hydrogen-bond acceptors (Lipinski definition) is 16. The Balaban J connectivity index is 0.000000205. The van der Waals surface area contributed by atoms with Crippen molar-refractivity contribution in [1.29, 1.82) is 0 Å². The van der Waals surface area contributed by atoms with Gasteiger partial charge in [-0.2, -0.15) is 26.3 Å². The third-order valence-electron chi connectivity index (χ3n) is 14.3. The molecule has 2 fully saturated rings. The smallest absolute Gasteiger partial charge is 0.416 e. The quantitative estimate of drug-likeness (QED) is 0.0668. The van der Waals surface area contributed by atoms with Crippen molar-refractivity contribution in [3.8, 4) is 45.8 Å². The molecule has 2 aliphatic heterocycles. The zero-order chi connectivity index (χ0) is 61.5. The monoisotopic (exact) mass is 1310 g/mol. The molecule has 6 heterocycles. The van der Waals surface area contributed by atoms with Gasteiger partial charge >= 0.3 is 12.4 Å². The van der Waals surface area contributed by atoms with Crippen LogP contribution in [0.4, 0.5) is 61.0 Å². The third kappa shape index (κ3) is 15.3. The highest BCUT2D eigenvalue weighted by Crippen LogP contribution is 2.40. The number of nitrogens with one attached hydrogen (secondary N) is 4. The molecule has 4 aromatic carbocycles. The molecule has 86 heavy (non-hydrogen) atoms. The van der Waals surface area contributed by atoms with Crippen LogP contribution >= 0.6 is 31.9 Å². The minimum Gasteiger partial charge on any atom is -0.438 e. The number of carbonyl (C=O) groups excluding carboxylic acids is 2. The number of rotatable bonds is 16. The van der Waals surface area contributed by atoms with Crippen LogP contribution in [0.5, 0.6) is 23.3 Å². The van der Waals surface area contributed by atoms with E-state index in [0.717, 1.165) is 63.3 Å². The Kier molecular flexibility index (Phi) is 19.4. The number of carbonyl (C=O) groups is 2. The van der Waals surface area contributed by atoms with Gasteiger partial charge in [0.15, 0.2) is 0 Å². The van der Waals surface area contributed by atoms with Crippen LogP contribution in [0.3, 0.4) is 0 Å². The molecule has 2 aliphatic rings. The third-order valence-corrected chi connectivity index (χ3v) is 15.2. The SMILES string of the molecule is CNc1nccc(-c2cccnc2Oc2cc(Br)cc(C(=O)Nc3cc(C(F)(F)F)ccc3N(C)[C@@H]3CCN(C)C3)c2)n1.CNc1nccc(-c2cccnc2Oc2cc(Br)cc(C(=O)Nc3cc(C(F)(F)F)ccc3N(C)[C@H]3CCN(C)C3)c2)n1. The van der Waals surface area contributed by atoms with E-state index in [9.17, 15) is 35.9 Å². The number of alkyl halides is 6. The molecular weight excluding hydrogens is 1250 g/mol. The van der Waals surface area contributed by atoms with E-state index < -0.39 is 35.3 Å². The molecule has 4 aromatic heterocycles. The van der Waals surface area contributed by atoms with Crippen LogP contribution in [-0.4, -0.2) is 132 Å². The number of benzene rings is 4. The zero-order valence-electron chi connectivity index (χ0n) is 47.2. The van der Waals surface area contributed by atoms with Gasteiger partial charge in [-0.3, -0.25) is 9.59 Å². The molecule has 448 valence electrons. The van der Waals surface area contributed by atoms with Gasteiger partial charge in [-0.25, -0.2) is 29.9 Å². The summed E-state index contributed by atoms with van der Waals surface area (Å²) in [5.41, 5.74) is 2.12. The number of likely N-dealkylation sites (tertiary alicyclic amines) is 2. The number of hydrogen-bond donors (Lipinski definition) is 4. The minimum absolute atomic E-state index is 0.0652. The first kappa shape index (κ1) is 62.1. The molecule has 0 saturated carbocycles. The summed E-state index contributed by atoms with van der Waals surface area (Å²) in [5, 5.41) is 11.2. The van der Waals surface area contributed by atoms with Gasteiger partial charge in [0, 0.05) is 98.2 Å². The maximum atomic E-state index is 13.7. The predicted octanol–water partition coefficient (Wildman–Crippen LogP) is 13.1. The fraction of sp³-hybridized carbons (Fsp3) is 0.267.